The second kappa shape index (κ2) is 29.5. The average molecular weight is 1760 g/mol. The van der Waals surface area contributed by atoms with E-state index in [4.69, 9.17) is 29.9 Å². The number of rotatable bonds is 16. The van der Waals surface area contributed by atoms with Gasteiger partial charge in [-0.3, -0.25) is 36.5 Å². The highest BCUT2D eigenvalue weighted by molar-refractivity contribution is 7.62. The summed E-state index contributed by atoms with van der Waals surface area (Å²) in [5, 5.41) is -1.64. The molecule has 40 heteroatoms. The van der Waals surface area contributed by atoms with Crippen LogP contribution in [0.25, 0.3) is 179 Å². The largest absolute Gasteiger partial charge is 0.356 e. The normalized spacial score (nSPS) is 12.9. The number of fused-ring (bicyclic) bond motifs is 20. The molecule has 120 heavy (non-hydrogen) atoms. The molecule has 12 aromatic carbocycles. The quantitative estimate of drug-likeness (QED) is 0.0400. The number of nitrogens with zero attached hydrogens (tertiary/aromatic N) is 6. The van der Waals surface area contributed by atoms with E-state index in [1.165, 1.54) is 194 Å². The van der Waals surface area contributed by atoms with Gasteiger partial charge in [-0.2, -0.15) is 0 Å². The summed E-state index contributed by atoms with van der Waals surface area (Å²) >= 11 is 0. The lowest BCUT2D eigenvalue weighted by atomic mass is 9.90. The molecular formula is C80H58N8O24P8. The van der Waals surface area contributed by atoms with E-state index in [1.807, 2.05) is 0 Å². The molecule has 0 saturated heterocycles. The molecule has 15 aromatic rings. The molecule has 17 rings (SSSR count). The molecule has 0 atom stereocenters. The summed E-state index contributed by atoms with van der Waals surface area (Å²) in [6.07, 6.45) is 0. The van der Waals surface area contributed by atoms with Gasteiger partial charge < -0.3 is 88.3 Å². The van der Waals surface area contributed by atoms with Gasteiger partial charge in [-0.05, 0) is 235 Å². The minimum absolute atomic E-state index is 0.000972. The van der Waals surface area contributed by atoms with Gasteiger partial charge in [-0.15, -0.1) is 0 Å². The molecule has 5 heterocycles. The number of benzene rings is 12. The van der Waals surface area contributed by atoms with Gasteiger partial charge in [-0.25, -0.2) is 29.9 Å². The molecule has 3 aromatic heterocycles. The zero-order chi connectivity index (χ0) is 85.0. The molecule has 0 fully saturated rings. The number of aromatic nitrogens is 8. The van der Waals surface area contributed by atoms with E-state index < -0.39 is 60.8 Å². The van der Waals surface area contributed by atoms with Crippen LogP contribution >= 0.6 is 60.8 Å². The SMILES string of the molecule is O=P(O)(O)c1ccc(-c2cc3c(cc2-c2ccc(P(=O)(O)O)cc2)-c2nc-3nc3[nH]c(nc4nc(nc5[nH]c(n2)c2cc(-c6ccc(P(=O)(O)O)cc6)c(-c6ccc(P(=O)(O)O)cc6)cc52)-c2cc(-c5ccc(P(=O)(O)O)cc5)c(-c5ccc(P(=O)(O)O)cc5)cc2-4)c2cc(-c4ccc(P(=O)(O)O)cc4)c(-c4ccc(P(=O)(O)O)cc4)cc32)cc1. The van der Waals surface area contributed by atoms with Crippen LogP contribution in [0.15, 0.2) is 243 Å². The van der Waals surface area contributed by atoms with Crippen molar-refractivity contribution in [3.8, 4) is 135 Å². The van der Waals surface area contributed by atoms with Gasteiger partial charge in [0.1, 0.15) is 22.6 Å². The van der Waals surface area contributed by atoms with Crippen molar-refractivity contribution in [3.63, 3.8) is 0 Å². The summed E-state index contributed by atoms with van der Waals surface area (Å²) in [7, 11) is -38.8. The van der Waals surface area contributed by atoms with Gasteiger partial charge >= 0.3 is 60.8 Å². The molecule has 0 radical (unpaired) electrons. The zero-order valence-corrected chi connectivity index (χ0v) is 67.9. The summed E-state index contributed by atoms with van der Waals surface area (Å²) < 4.78 is 102. The highest BCUT2D eigenvalue weighted by Gasteiger charge is 2.32. The first kappa shape index (κ1) is 81.6. The minimum Gasteiger partial charge on any atom is -0.324 e. The van der Waals surface area contributed by atoms with Gasteiger partial charge in [0.05, 0.1) is 42.4 Å². The Morgan fingerprint density at radius 3 is 0.417 bits per heavy atom. The molecule has 8 bridgehead atoms. The average Bonchev–Trinajstić information content (AvgIpc) is 1.57. The summed E-state index contributed by atoms with van der Waals surface area (Å²) in [6.45, 7) is 0. The van der Waals surface area contributed by atoms with Crippen molar-refractivity contribution in [2.75, 3.05) is 0 Å². The van der Waals surface area contributed by atoms with Gasteiger partial charge in [0.25, 0.3) is 0 Å². The fourth-order valence-corrected chi connectivity index (χ4v) is 18.9. The second-order valence-electron chi connectivity index (χ2n) is 28.1. The lowest BCUT2D eigenvalue weighted by Gasteiger charge is -2.15. The number of aromatic amines is 2. The number of hydrogen-bond acceptors (Lipinski definition) is 14. The van der Waals surface area contributed by atoms with Crippen molar-refractivity contribution < 1.29 is 115 Å². The topological polar surface area (TPSA) is 569 Å². The molecule has 0 unspecified atom stereocenters. The van der Waals surface area contributed by atoms with Crippen LogP contribution in [-0.4, -0.2) is 118 Å². The first-order chi connectivity index (χ1) is 56.4. The van der Waals surface area contributed by atoms with Crippen molar-refractivity contribution >= 4 is 147 Å². The van der Waals surface area contributed by atoms with E-state index in [1.54, 1.807) is 48.5 Å². The standard InChI is InChI=1S/C80H58N8O24P8/c89-113(90,91)49-17-1-41(2-18-49)57-33-65-66(34-58(57)42-3-19-50(20-4-42)114(92,93)94)74-81-73(65)85-75-67-35-59(43-5-21-51(22-6-43)115(95,96)97)60(44-7-23-52(24-8-44)116(98,99)100)36-68(67)77(82-75)87-79-71-39-63(47-13-29-55(30-14-47)119(107,108)109)64(48-15-31-56(32-16-48)120(110,111)112)40-72(71)80(84-79)88-78-70-38-62(46-11-27-54(28-12-46)118(104,105)106)61(37-69(70)76(83-78)86-74)45-9-25-53(26-10-45)117(101,102)103/h1-40H,(H2,89,90,91)(H2,92,93,94)(H2,95,96,97)(H2,98,99,100)(H2,101,102,103)(H2,104,105,106)(H2,107,108,109)(H2,110,111,112)(H2,81,82,83,84,85,86,87,88). The molecule has 0 aliphatic carbocycles. The first-order valence-electron chi connectivity index (χ1n) is 35.3. The highest BCUT2D eigenvalue weighted by Crippen LogP contribution is 2.51. The van der Waals surface area contributed by atoms with Crippen molar-refractivity contribution in [1.82, 2.24) is 39.9 Å². The number of nitrogens with one attached hydrogen (secondary N) is 2. The molecule has 0 amide bonds. The van der Waals surface area contributed by atoms with Crippen LogP contribution in [0.5, 0.6) is 0 Å². The summed E-state index contributed by atoms with van der Waals surface area (Å²) in [5.41, 5.74) is 6.52. The summed E-state index contributed by atoms with van der Waals surface area (Å²) in [5.74, 6) is -0.355. The van der Waals surface area contributed by atoms with E-state index in [0.717, 1.165) is 0 Å². The third-order valence-corrected chi connectivity index (χ3v) is 28.3. The van der Waals surface area contributed by atoms with E-state index in [9.17, 15) is 115 Å². The lowest BCUT2D eigenvalue weighted by Crippen LogP contribution is -2.03. The Morgan fingerprint density at radius 2 is 0.292 bits per heavy atom. The van der Waals surface area contributed by atoms with E-state index >= 15 is 0 Å². The van der Waals surface area contributed by atoms with Crippen molar-refractivity contribution in [1.29, 1.82) is 0 Å². The van der Waals surface area contributed by atoms with Crippen molar-refractivity contribution in [3.05, 3.63) is 243 Å². The maximum Gasteiger partial charge on any atom is 0.356 e. The van der Waals surface area contributed by atoms with E-state index in [2.05, 4.69) is 9.97 Å². The van der Waals surface area contributed by atoms with Crippen LogP contribution in [-0.2, 0) is 36.5 Å². The van der Waals surface area contributed by atoms with E-state index in [-0.39, 0.29) is 132 Å². The van der Waals surface area contributed by atoms with Crippen LogP contribution in [0.4, 0.5) is 0 Å². The Morgan fingerprint density at radius 1 is 0.167 bits per heavy atom. The molecule has 0 spiro atoms. The van der Waals surface area contributed by atoms with E-state index in [0.29, 0.717) is 89.0 Å². The molecule has 2 aliphatic rings. The molecular weight excluding hydrogens is 1700 g/mol. The number of hydrogen-bond donors (Lipinski definition) is 18. The van der Waals surface area contributed by atoms with Crippen LogP contribution in [0.1, 0.15) is 0 Å². The predicted molar refractivity (Wildman–Crippen MR) is 453 cm³/mol. The highest BCUT2D eigenvalue weighted by atomic mass is 31.2. The Labute approximate surface area is 675 Å². The lowest BCUT2D eigenvalue weighted by molar-refractivity contribution is 0.385. The van der Waals surface area contributed by atoms with Crippen LogP contribution in [0.3, 0.4) is 0 Å². The molecule has 18 N–H and O–H groups in total. The zero-order valence-electron chi connectivity index (χ0n) is 60.8. The van der Waals surface area contributed by atoms with Crippen LogP contribution < -0.4 is 42.4 Å². The minimum atomic E-state index is -4.85. The monoisotopic (exact) mass is 1760 g/mol. The van der Waals surface area contributed by atoms with Gasteiger partial charge in [0.2, 0.25) is 0 Å². The molecule has 2 aliphatic heterocycles. The fourth-order valence-electron chi connectivity index (χ4n) is 14.6. The smallest absolute Gasteiger partial charge is 0.324 e. The van der Waals surface area contributed by atoms with Crippen molar-refractivity contribution in [2.45, 2.75) is 0 Å². The third-order valence-electron chi connectivity index (χ3n) is 20.5. The van der Waals surface area contributed by atoms with Crippen LogP contribution in [0.2, 0.25) is 0 Å². The maximum absolute atomic E-state index is 12.7. The summed E-state index contributed by atoms with van der Waals surface area (Å²) in [4.78, 5) is 204. The Bertz CT molecular complexity index is 6590. The summed E-state index contributed by atoms with van der Waals surface area (Å²) in [6, 6.07) is 56.5. The van der Waals surface area contributed by atoms with Crippen LogP contribution in [0, 0.1) is 0 Å². The second-order valence-corrected chi connectivity index (χ2v) is 40.9. The molecule has 602 valence electrons. The van der Waals surface area contributed by atoms with Gasteiger partial charge in [-0.1, -0.05) is 97.1 Å². The Kier molecular flexibility index (Phi) is 20.1. The predicted octanol–water partition coefficient (Wildman–Crippen LogP) is 10.6. The molecule has 0 saturated carbocycles. The van der Waals surface area contributed by atoms with Gasteiger partial charge in [0.15, 0.2) is 23.3 Å². The first-order valence-corrected chi connectivity index (χ1v) is 48.2. The molecule has 32 nitrogen and oxygen atoms in total. The van der Waals surface area contributed by atoms with Crippen molar-refractivity contribution in [2.24, 2.45) is 0 Å². The third kappa shape index (κ3) is 15.7. The number of H-pyrrole nitrogens is 2. The van der Waals surface area contributed by atoms with Gasteiger partial charge in [0, 0.05) is 43.8 Å². The maximum atomic E-state index is 12.7. The Hall–Kier alpha value is -10.8. The fraction of sp³-hybridized carbons (Fsp3) is 0. The Balaban J connectivity index is 1.05.